The average molecular weight is 501 g/mol. The van der Waals surface area contributed by atoms with Crippen molar-refractivity contribution < 1.29 is 22.6 Å². The number of para-hydroxylation sites is 2. The fraction of sp³-hybridized carbons (Fsp3) is 0.407. The molecule has 0 amide bonds. The van der Waals surface area contributed by atoms with E-state index in [4.69, 9.17) is 9.47 Å². The Bertz CT molecular complexity index is 1150. The lowest BCUT2D eigenvalue weighted by Crippen LogP contribution is -2.22. The fourth-order valence-corrected chi connectivity index (χ4v) is 4.00. The van der Waals surface area contributed by atoms with E-state index in [1.54, 1.807) is 48.5 Å². The number of benzene rings is 2. The first-order chi connectivity index (χ1) is 17.1. The SMILES string of the molecule is CC(C)(C)Oc1ccc(Nc2ncc(C(F)(F)F)c(Nc3ccccc3OC3CCCCC3)n2)cc1. The van der Waals surface area contributed by atoms with Crippen LogP contribution in [-0.4, -0.2) is 21.7 Å². The lowest BCUT2D eigenvalue weighted by atomic mass is 9.98. The van der Waals surface area contributed by atoms with Gasteiger partial charge in [0.25, 0.3) is 0 Å². The van der Waals surface area contributed by atoms with Gasteiger partial charge in [-0.05, 0) is 82.9 Å². The predicted octanol–water partition coefficient (Wildman–Crippen LogP) is 7.87. The second-order valence-corrected chi connectivity index (χ2v) is 9.82. The van der Waals surface area contributed by atoms with Crippen molar-refractivity contribution in [3.8, 4) is 11.5 Å². The molecule has 1 aliphatic rings. The van der Waals surface area contributed by atoms with E-state index in [1.165, 1.54) is 6.42 Å². The van der Waals surface area contributed by atoms with E-state index in [0.717, 1.165) is 31.9 Å². The van der Waals surface area contributed by atoms with Crippen LogP contribution in [0.4, 0.5) is 36.3 Å². The molecule has 0 bridgehead atoms. The largest absolute Gasteiger partial charge is 0.488 e. The molecule has 192 valence electrons. The third kappa shape index (κ3) is 7.02. The number of rotatable bonds is 7. The van der Waals surface area contributed by atoms with Crippen LogP contribution in [0.3, 0.4) is 0 Å². The smallest absolute Gasteiger partial charge is 0.421 e. The van der Waals surface area contributed by atoms with Crippen molar-refractivity contribution in [2.24, 2.45) is 0 Å². The maximum atomic E-state index is 13.8. The lowest BCUT2D eigenvalue weighted by Gasteiger charge is -2.24. The van der Waals surface area contributed by atoms with Crippen molar-refractivity contribution in [3.05, 3.63) is 60.3 Å². The van der Waals surface area contributed by atoms with Gasteiger partial charge in [0.2, 0.25) is 5.95 Å². The van der Waals surface area contributed by atoms with Crippen LogP contribution in [0, 0.1) is 0 Å². The summed E-state index contributed by atoms with van der Waals surface area (Å²) in [5.41, 5.74) is -0.275. The molecule has 0 spiro atoms. The maximum absolute atomic E-state index is 13.8. The van der Waals surface area contributed by atoms with E-state index >= 15 is 0 Å². The summed E-state index contributed by atoms with van der Waals surface area (Å²) in [6, 6.07) is 14.0. The monoisotopic (exact) mass is 500 g/mol. The van der Waals surface area contributed by atoms with Crippen LogP contribution in [0.5, 0.6) is 11.5 Å². The van der Waals surface area contributed by atoms with Crippen molar-refractivity contribution in [1.29, 1.82) is 0 Å². The summed E-state index contributed by atoms with van der Waals surface area (Å²) in [7, 11) is 0. The molecule has 1 saturated carbocycles. The molecule has 4 rings (SSSR count). The lowest BCUT2D eigenvalue weighted by molar-refractivity contribution is -0.137. The molecule has 1 aliphatic carbocycles. The van der Waals surface area contributed by atoms with Gasteiger partial charge in [0, 0.05) is 11.9 Å². The average Bonchev–Trinajstić information content (AvgIpc) is 2.81. The number of anilines is 4. The van der Waals surface area contributed by atoms with E-state index in [9.17, 15) is 13.2 Å². The van der Waals surface area contributed by atoms with Gasteiger partial charge in [0.1, 0.15) is 28.5 Å². The Kier molecular flexibility index (Phi) is 7.56. The number of halogens is 3. The van der Waals surface area contributed by atoms with Crippen LogP contribution >= 0.6 is 0 Å². The summed E-state index contributed by atoms with van der Waals surface area (Å²) in [6.45, 7) is 5.84. The highest BCUT2D eigenvalue weighted by atomic mass is 19.4. The van der Waals surface area contributed by atoms with E-state index in [-0.39, 0.29) is 23.5 Å². The summed E-state index contributed by atoms with van der Waals surface area (Å²) in [4.78, 5) is 8.06. The van der Waals surface area contributed by atoms with Gasteiger partial charge in [0.05, 0.1) is 11.8 Å². The van der Waals surface area contributed by atoms with Crippen LogP contribution in [0.15, 0.2) is 54.7 Å². The third-order valence-electron chi connectivity index (χ3n) is 5.61. The zero-order valence-electron chi connectivity index (χ0n) is 20.7. The number of nitrogens with one attached hydrogen (secondary N) is 2. The van der Waals surface area contributed by atoms with Crippen molar-refractivity contribution in [2.75, 3.05) is 10.6 Å². The highest BCUT2D eigenvalue weighted by molar-refractivity contribution is 5.67. The summed E-state index contributed by atoms with van der Waals surface area (Å²) >= 11 is 0. The topological polar surface area (TPSA) is 68.3 Å². The molecule has 1 aromatic heterocycles. The number of aromatic nitrogens is 2. The van der Waals surface area contributed by atoms with Gasteiger partial charge >= 0.3 is 6.18 Å². The molecule has 0 aliphatic heterocycles. The molecule has 6 nitrogen and oxygen atoms in total. The van der Waals surface area contributed by atoms with Gasteiger partial charge in [0.15, 0.2) is 0 Å². The number of ether oxygens (including phenoxy) is 2. The molecule has 1 fully saturated rings. The molecule has 0 radical (unpaired) electrons. The van der Waals surface area contributed by atoms with Crippen LogP contribution in [0.25, 0.3) is 0 Å². The second kappa shape index (κ2) is 10.6. The Balaban J connectivity index is 1.57. The van der Waals surface area contributed by atoms with Crippen LogP contribution in [0.1, 0.15) is 58.4 Å². The molecule has 0 saturated heterocycles. The molecule has 2 aromatic carbocycles. The minimum absolute atomic E-state index is 0.0284. The van der Waals surface area contributed by atoms with Crippen molar-refractivity contribution in [3.63, 3.8) is 0 Å². The van der Waals surface area contributed by atoms with Gasteiger partial charge in [-0.15, -0.1) is 0 Å². The summed E-state index contributed by atoms with van der Waals surface area (Å²) in [6.07, 6.45) is 1.41. The quantitative estimate of drug-likeness (QED) is 0.344. The summed E-state index contributed by atoms with van der Waals surface area (Å²) in [5.74, 6) is 0.853. The molecular weight excluding hydrogens is 469 g/mol. The van der Waals surface area contributed by atoms with Crippen molar-refractivity contribution in [1.82, 2.24) is 9.97 Å². The molecule has 3 aromatic rings. The number of hydrogen-bond donors (Lipinski definition) is 2. The minimum Gasteiger partial charge on any atom is -0.488 e. The third-order valence-corrected chi connectivity index (χ3v) is 5.61. The molecular formula is C27H31F3N4O2. The minimum atomic E-state index is -4.63. The van der Waals surface area contributed by atoms with Crippen molar-refractivity contribution >= 4 is 23.1 Å². The predicted molar refractivity (Wildman–Crippen MR) is 134 cm³/mol. The van der Waals surface area contributed by atoms with E-state index < -0.39 is 11.7 Å². The standard InChI is InChI=1S/C27H31F3N4O2/c1-26(2,3)36-20-15-13-18(14-16-20)32-25-31-17-21(27(28,29)30)24(34-25)33-22-11-7-8-12-23(22)35-19-9-5-4-6-10-19/h7-8,11-17,19H,4-6,9-10H2,1-3H3,(H2,31,32,33,34). The Morgan fingerprint density at radius 2 is 1.58 bits per heavy atom. The van der Waals surface area contributed by atoms with Crippen LogP contribution in [0.2, 0.25) is 0 Å². The Morgan fingerprint density at radius 1 is 0.889 bits per heavy atom. The number of hydrogen-bond acceptors (Lipinski definition) is 6. The van der Waals surface area contributed by atoms with Crippen molar-refractivity contribution in [2.45, 2.75) is 70.8 Å². The number of nitrogens with zero attached hydrogens (tertiary/aromatic N) is 2. The van der Waals surface area contributed by atoms with Gasteiger partial charge in [-0.25, -0.2) is 4.98 Å². The molecule has 0 atom stereocenters. The molecule has 36 heavy (non-hydrogen) atoms. The van der Waals surface area contributed by atoms with Gasteiger partial charge in [-0.1, -0.05) is 18.6 Å². The Hall–Kier alpha value is -3.49. The van der Waals surface area contributed by atoms with Crippen LogP contribution < -0.4 is 20.1 Å². The Labute approximate surface area is 209 Å². The van der Waals surface area contributed by atoms with E-state index in [1.807, 2.05) is 20.8 Å². The first-order valence-corrected chi connectivity index (χ1v) is 12.1. The highest BCUT2D eigenvalue weighted by Crippen LogP contribution is 2.38. The molecule has 9 heteroatoms. The zero-order chi connectivity index (χ0) is 25.8. The summed E-state index contributed by atoms with van der Waals surface area (Å²) < 4.78 is 53.3. The zero-order valence-corrected chi connectivity index (χ0v) is 20.7. The first-order valence-electron chi connectivity index (χ1n) is 12.1. The molecule has 0 unspecified atom stereocenters. The maximum Gasteiger partial charge on any atom is 0.421 e. The van der Waals surface area contributed by atoms with E-state index in [2.05, 4.69) is 20.6 Å². The molecule has 1 heterocycles. The van der Waals surface area contributed by atoms with Crippen LogP contribution in [-0.2, 0) is 6.18 Å². The Morgan fingerprint density at radius 3 is 2.25 bits per heavy atom. The normalized spacial score (nSPS) is 14.8. The summed E-state index contributed by atoms with van der Waals surface area (Å²) in [5, 5.41) is 5.80. The number of alkyl halides is 3. The second-order valence-electron chi connectivity index (χ2n) is 9.82. The van der Waals surface area contributed by atoms with E-state index in [0.29, 0.717) is 22.9 Å². The van der Waals surface area contributed by atoms with Gasteiger partial charge in [-0.3, -0.25) is 0 Å². The first kappa shape index (κ1) is 25.6. The van der Waals surface area contributed by atoms with Gasteiger partial charge < -0.3 is 20.1 Å². The molecule has 2 N–H and O–H groups in total. The fourth-order valence-electron chi connectivity index (χ4n) is 4.00. The van der Waals surface area contributed by atoms with Gasteiger partial charge in [-0.2, -0.15) is 18.2 Å². The highest BCUT2D eigenvalue weighted by Gasteiger charge is 2.35.